The van der Waals surface area contributed by atoms with Crippen LogP contribution in [-0.2, 0) is 26.8 Å². The van der Waals surface area contributed by atoms with Crippen LogP contribution in [0.1, 0.15) is 50.4 Å². The molecule has 2 rings (SSSR count). The largest absolute Gasteiger partial charge is 0.348 e. The Labute approximate surface area is 168 Å². The van der Waals surface area contributed by atoms with Gasteiger partial charge in [0.05, 0.1) is 18.8 Å². The number of sulfonamides is 1. The minimum Gasteiger partial charge on any atom is -0.348 e. The maximum atomic E-state index is 12.5. The SMILES string of the molecule is C[C@@H](NC(=O)CN(Cc1ccccc1)S(C)(=O)=O)c1ccc(C(C)(C)C)cc1. The number of carbonyl (C=O) groups excluding carboxylic acids is 1. The summed E-state index contributed by atoms with van der Waals surface area (Å²) in [6, 6.07) is 17.2. The van der Waals surface area contributed by atoms with Gasteiger partial charge in [0.1, 0.15) is 0 Å². The summed E-state index contributed by atoms with van der Waals surface area (Å²) in [5.41, 5.74) is 3.11. The second kappa shape index (κ2) is 8.88. The van der Waals surface area contributed by atoms with E-state index in [4.69, 9.17) is 0 Å². The molecule has 152 valence electrons. The van der Waals surface area contributed by atoms with Crippen molar-refractivity contribution in [3.8, 4) is 0 Å². The molecule has 0 saturated carbocycles. The molecule has 0 fully saturated rings. The number of amides is 1. The van der Waals surface area contributed by atoms with Crippen molar-refractivity contribution in [2.75, 3.05) is 12.8 Å². The van der Waals surface area contributed by atoms with Crippen LogP contribution in [0.4, 0.5) is 0 Å². The number of hydrogen-bond acceptors (Lipinski definition) is 3. The second-order valence-electron chi connectivity index (χ2n) is 8.18. The van der Waals surface area contributed by atoms with Crippen LogP contribution in [0, 0.1) is 0 Å². The number of carbonyl (C=O) groups is 1. The fourth-order valence-electron chi connectivity index (χ4n) is 2.88. The summed E-state index contributed by atoms with van der Waals surface area (Å²) in [7, 11) is -3.51. The van der Waals surface area contributed by atoms with Crippen molar-refractivity contribution in [3.05, 3.63) is 71.3 Å². The van der Waals surface area contributed by atoms with E-state index >= 15 is 0 Å². The van der Waals surface area contributed by atoms with Gasteiger partial charge >= 0.3 is 0 Å². The molecule has 5 nitrogen and oxygen atoms in total. The minimum absolute atomic E-state index is 0.0679. The van der Waals surface area contributed by atoms with Gasteiger partial charge in [0.25, 0.3) is 0 Å². The molecular weight excluding hydrogens is 372 g/mol. The Kier molecular flexibility index (Phi) is 7.01. The lowest BCUT2D eigenvalue weighted by molar-refractivity contribution is -0.122. The van der Waals surface area contributed by atoms with Crippen LogP contribution < -0.4 is 5.32 Å². The highest BCUT2D eigenvalue weighted by Crippen LogP contribution is 2.24. The van der Waals surface area contributed by atoms with Gasteiger partial charge in [-0.15, -0.1) is 0 Å². The second-order valence-corrected chi connectivity index (χ2v) is 10.2. The summed E-state index contributed by atoms with van der Waals surface area (Å²) < 4.78 is 25.4. The van der Waals surface area contributed by atoms with Crippen molar-refractivity contribution in [1.29, 1.82) is 0 Å². The maximum absolute atomic E-state index is 12.5. The Hall–Kier alpha value is -2.18. The Morgan fingerprint density at radius 2 is 1.61 bits per heavy atom. The van der Waals surface area contributed by atoms with E-state index in [1.165, 1.54) is 9.87 Å². The predicted molar refractivity (Wildman–Crippen MR) is 113 cm³/mol. The van der Waals surface area contributed by atoms with Crippen molar-refractivity contribution in [2.24, 2.45) is 0 Å². The van der Waals surface area contributed by atoms with Crippen LogP contribution in [0.15, 0.2) is 54.6 Å². The third-order valence-corrected chi connectivity index (χ3v) is 5.84. The molecule has 1 N–H and O–H groups in total. The fraction of sp³-hybridized carbons (Fsp3) is 0.409. The van der Waals surface area contributed by atoms with E-state index in [9.17, 15) is 13.2 Å². The number of nitrogens with one attached hydrogen (secondary N) is 1. The van der Waals surface area contributed by atoms with E-state index in [1.54, 1.807) is 0 Å². The highest BCUT2D eigenvalue weighted by molar-refractivity contribution is 7.88. The maximum Gasteiger partial charge on any atom is 0.235 e. The molecule has 6 heteroatoms. The molecule has 0 heterocycles. The van der Waals surface area contributed by atoms with Crippen molar-refractivity contribution in [3.63, 3.8) is 0 Å². The van der Waals surface area contributed by atoms with E-state index in [0.29, 0.717) is 0 Å². The fourth-order valence-corrected chi connectivity index (χ4v) is 3.62. The predicted octanol–water partition coefficient (Wildman–Crippen LogP) is 3.62. The Balaban J connectivity index is 2.03. The molecule has 0 aliphatic carbocycles. The van der Waals surface area contributed by atoms with E-state index in [1.807, 2.05) is 49.4 Å². The topological polar surface area (TPSA) is 66.5 Å². The number of hydrogen-bond donors (Lipinski definition) is 1. The molecule has 1 atom stereocenters. The molecule has 0 bridgehead atoms. The minimum atomic E-state index is -3.51. The van der Waals surface area contributed by atoms with Crippen LogP contribution in [-0.4, -0.2) is 31.4 Å². The number of nitrogens with zero attached hydrogens (tertiary/aromatic N) is 1. The van der Waals surface area contributed by atoms with Gasteiger partial charge in [0.2, 0.25) is 15.9 Å². The Bertz CT molecular complexity index is 886. The molecule has 28 heavy (non-hydrogen) atoms. The lowest BCUT2D eigenvalue weighted by atomic mass is 9.86. The monoisotopic (exact) mass is 402 g/mol. The van der Waals surface area contributed by atoms with E-state index in [-0.39, 0.29) is 30.5 Å². The van der Waals surface area contributed by atoms with Gasteiger partial charge in [-0.2, -0.15) is 4.31 Å². The zero-order valence-electron chi connectivity index (χ0n) is 17.3. The van der Waals surface area contributed by atoms with Crippen LogP contribution in [0.25, 0.3) is 0 Å². The first kappa shape index (κ1) is 22.1. The van der Waals surface area contributed by atoms with Crippen molar-refractivity contribution < 1.29 is 13.2 Å². The average molecular weight is 403 g/mol. The molecule has 2 aromatic rings. The molecule has 0 spiro atoms. The summed E-state index contributed by atoms with van der Waals surface area (Å²) in [4.78, 5) is 12.5. The summed E-state index contributed by atoms with van der Waals surface area (Å²) in [6.07, 6.45) is 1.12. The average Bonchev–Trinajstić information content (AvgIpc) is 2.60. The summed E-state index contributed by atoms with van der Waals surface area (Å²) in [5.74, 6) is -0.325. The first-order valence-corrected chi connectivity index (χ1v) is 11.2. The lowest BCUT2D eigenvalue weighted by Crippen LogP contribution is -2.40. The standard InChI is InChI=1S/C22H30N2O3S/c1-17(19-11-13-20(14-12-19)22(2,3)4)23-21(25)16-24(28(5,26)27)15-18-9-7-6-8-10-18/h6-14,17H,15-16H2,1-5H3,(H,23,25)/t17-/m1/s1. The molecular formula is C22H30N2O3S. The quantitative estimate of drug-likeness (QED) is 0.769. The first-order chi connectivity index (χ1) is 13.0. The van der Waals surface area contributed by atoms with Gasteiger partial charge in [0.15, 0.2) is 0 Å². The van der Waals surface area contributed by atoms with E-state index in [0.717, 1.165) is 17.4 Å². The zero-order valence-corrected chi connectivity index (χ0v) is 18.1. The van der Waals surface area contributed by atoms with Crippen molar-refractivity contribution in [2.45, 2.75) is 45.7 Å². The van der Waals surface area contributed by atoms with Crippen molar-refractivity contribution in [1.82, 2.24) is 9.62 Å². The van der Waals surface area contributed by atoms with Crippen LogP contribution in [0.5, 0.6) is 0 Å². The first-order valence-electron chi connectivity index (χ1n) is 9.35. The lowest BCUT2D eigenvalue weighted by Gasteiger charge is -2.22. The third-order valence-electron chi connectivity index (χ3n) is 4.64. The van der Waals surface area contributed by atoms with Gasteiger partial charge in [0, 0.05) is 6.54 Å². The van der Waals surface area contributed by atoms with Gasteiger partial charge in [-0.1, -0.05) is 75.4 Å². The highest BCUT2D eigenvalue weighted by atomic mass is 32.2. The summed E-state index contributed by atoms with van der Waals surface area (Å²) >= 11 is 0. The molecule has 0 aromatic heterocycles. The van der Waals surface area contributed by atoms with Gasteiger partial charge < -0.3 is 5.32 Å². The molecule has 0 saturated heterocycles. The van der Waals surface area contributed by atoms with Gasteiger partial charge in [-0.3, -0.25) is 4.79 Å². The molecule has 0 radical (unpaired) electrons. The number of benzene rings is 2. The molecule has 0 aliphatic heterocycles. The van der Waals surface area contributed by atoms with E-state index in [2.05, 4.69) is 38.2 Å². The number of rotatable bonds is 7. The molecule has 0 aliphatic rings. The molecule has 0 unspecified atom stereocenters. The molecule has 1 amide bonds. The third kappa shape index (κ3) is 6.46. The zero-order chi connectivity index (χ0) is 20.9. The Morgan fingerprint density at radius 1 is 1.04 bits per heavy atom. The van der Waals surface area contributed by atoms with Gasteiger partial charge in [-0.05, 0) is 29.0 Å². The normalized spacial score (nSPS) is 13.4. The smallest absolute Gasteiger partial charge is 0.235 e. The van der Waals surface area contributed by atoms with Crippen LogP contribution in [0.3, 0.4) is 0 Å². The summed E-state index contributed by atoms with van der Waals surface area (Å²) in [6.45, 7) is 8.31. The van der Waals surface area contributed by atoms with Crippen molar-refractivity contribution >= 4 is 15.9 Å². The summed E-state index contributed by atoms with van der Waals surface area (Å²) in [5, 5.41) is 2.90. The Morgan fingerprint density at radius 3 is 2.11 bits per heavy atom. The highest BCUT2D eigenvalue weighted by Gasteiger charge is 2.22. The van der Waals surface area contributed by atoms with Crippen LogP contribution in [0.2, 0.25) is 0 Å². The van der Waals surface area contributed by atoms with Gasteiger partial charge in [-0.25, -0.2) is 8.42 Å². The van der Waals surface area contributed by atoms with E-state index < -0.39 is 10.0 Å². The molecule has 2 aromatic carbocycles. The van der Waals surface area contributed by atoms with Crippen LogP contribution >= 0.6 is 0 Å².